The highest BCUT2D eigenvalue weighted by atomic mass is 32.2. The van der Waals surface area contributed by atoms with Gasteiger partial charge in [-0.1, -0.05) is 53.3 Å². The maximum absolute atomic E-state index is 13.0. The number of hydrogen-bond donors (Lipinski definition) is 0. The molecule has 0 spiro atoms. The third-order valence-corrected chi connectivity index (χ3v) is 5.80. The molecule has 0 saturated heterocycles. The number of nitrogens with zero attached hydrogens (tertiary/aromatic N) is 1. The second-order valence-electron chi connectivity index (χ2n) is 7.20. The van der Waals surface area contributed by atoms with Crippen molar-refractivity contribution in [2.24, 2.45) is 11.1 Å². The van der Waals surface area contributed by atoms with Gasteiger partial charge in [0.25, 0.3) is 0 Å². The van der Waals surface area contributed by atoms with Crippen LogP contribution in [0.2, 0.25) is 0 Å². The Kier molecular flexibility index (Phi) is 6.40. The first-order valence-electron chi connectivity index (χ1n) is 9.90. The number of Topliss-reactive ketones (excluding diaryl/α,β-unsaturated/α-hetero) is 1. The molecule has 30 heavy (non-hydrogen) atoms. The van der Waals surface area contributed by atoms with E-state index in [0.717, 1.165) is 22.6 Å². The first-order valence-corrected chi connectivity index (χ1v) is 10.7. The fourth-order valence-corrected chi connectivity index (χ4v) is 3.79. The molecule has 4 nitrogen and oxygen atoms in total. The number of hydrogen-bond acceptors (Lipinski definition) is 5. The maximum Gasteiger partial charge on any atom is 0.365 e. The zero-order chi connectivity index (χ0) is 20.8. The lowest BCUT2D eigenvalue weighted by molar-refractivity contribution is 0.0514. The summed E-state index contributed by atoms with van der Waals surface area (Å²) < 4.78 is 0. The number of benzene rings is 3. The zero-order valence-corrected chi connectivity index (χ0v) is 17.2. The van der Waals surface area contributed by atoms with Gasteiger partial charge in [0.15, 0.2) is 0 Å². The SMILES string of the molecule is O=C(ON=C(CC1CC1)C(=O)c1ccc(Sc2ccccc2)cc1)c1ccccc1. The van der Waals surface area contributed by atoms with Gasteiger partial charge in [0.2, 0.25) is 5.78 Å². The summed E-state index contributed by atoms with van der Waals surface area (Å²) in [5.74, 6) is -0.318. The molecule has 0 radical (unpaired) electrons. The second kappa shape index (κ2) is 9.55. The van der Waals surface area contributed by atoms with Crippen LogP contribution < -0.4 is 0 Å². The third kappa shape index (κ3) is 5.45. The molecule has 3 aromatic rings. The van der Waals surface area contributed by atoms with Crippen molar-refractivity contribution < 1.29 is 14.4 Å². The molecular formula is C25H21NO3S. The third-order valence-electron chi connectivity index (χ3n) is 4.78. The van der Waals surface area contributed by atoms with E-state index >= 15 is 0 Å². The molecule has 0 bridgehead atoms. The van der Waals surface area contributed by atoms with Crippen molar-refractivity contribution in [3.8, 4) is 0 Å². The van der Waals surface area contributed by atoms with E-state index in [2.05, 4.69) is 5.16 Å². The van der Waals surface area contributed by atoms with E-state index in [1.165, 1.54) is 0 Å². The number of oxime groups is 1. The highest BCUT2D eigenvalue weighted by Crippen LogP contribution is 2.33. The minimum atomic E-state index is -0.564. The van der Waals surface area contributed by atoms with E-state index in [0.29, 0.717) is 29.2 Å². The summed E-state index contributed by atoms with van der Waals surface area (Å²) in [4.78, 5) is 32.5. The molecular weight excluding hydrogens is 394 g/mol. The Bertz CT molecular complexity index is 1040. The maximum atomic E-state index is 13.0. The molecule has 1 fully saturated rings. The molecule has 4 rings (SSSR count). The van der Waals surface area contributed by atoms with Crippen molar-refractivity contribution in [1.29, 1.82) is 0 Å². The molecule has 0 unspecified atom stereocenters. The number of carbonyl (C=O) groups excluding carboxylic acids is 2. The lowest BCUT2D eigenvalue weighted by Gasteiger charge is -2.07. The van der Waals surface area contributed by atoms with E-state index in [1.807, 2.05) is 48.5 Å². The number of carbonyl (C=O) groups is 2. The Labute approximate surface area is 180 Å². The minimum Gasteiger partial charge on any atom is -0.312 e. The van der Waals surface area contributed by atoms with Crippen LogP contribution >= 0.6 is 11.8 Å². The van der Waals surface area contributed by atoms with Crippen LogP contribution in [0.5, 0.6) is 0 Å². The molecule has 0 atom stereocenters. The smallest absolute Gasteiger partial charge is 0.312 e. The van der Waals surface area contributed by atoms with Crippen molar-refractivity contribution in [2.75, 3.05) is 0 Å². The summed E-state index contributed by atoms with van der Waals surface area (Å²) in [6, 6.07) is 26.2. The highest BCUT2D eigenvalue weighted by Gasteiger charge is 2.27. The summed E-state index contributed by atoms with van der Waals surface area (Å²) in [6.45, 7) is 0. The van der Waals surface area contributed by atoms with Crippen molar-refractivity contribution in [1.82, 2.24) is 0 Å². The van der Waals surface area contributed by atoms with Gasteiger partial charge in [-0.25, -0.2) is 4.79 Å². The van der Waals surface area contributed by atoms with Crippen LogP contribution in [-0.4, -0.2) is 17.5 Å². The van der Waals surface area contributed by atoms with Crippen molar-refractivity contribution in [2.45, 2.75) is 29.1 Å². The van der Waals surface area contributed by atoms with Crippen LogP contribution in [0.3, 0.4) is 0 Å². The van der Waals surface area contributed by atoms with Crippen molar-refractivity contribution >= 4 is 29.2 Å². The molecule has 0 amide bonds. The van der Waals surface area contributed by atoms with Crippen LogP contribution in [0.15, 0.2) is 99.9 Å². The van der Waals surface area contributed by atoms with Crippen molar-refractivity contribution in [3.63, 3.8) is 0 Å². The molecule has 150 valence electrons. The standard InChI is InChI=1S/C25H21NO3S/c27-24(19-13-15-22(16-14-19)30-21-9-5-2-6-10-21)23(17-18-11-12-18)26-29-25(28)20-7-3-1-4-8-20/h1-10,13-16,18H,11-12,17H2. The predicted molar refractivity (Wildman–Crippen MR) is 118 cm³/mol. The second-order valence-corrected chi connectivity index (χ2v) is 8.35. The Balaban J connectivity index is 1.46. The zero-order valence-electron chi connectivity index (χ0n) is 16.4. The predicted octanol–water partition coefficient (Wildman–Crippen LogP) is 6.03. The summed E-state index contributed by atoms with van der Waals surface area (Å²) in [5, 5.41) is 3.96. The molecule has 1 aliphatic carbocycles. The largest absolute Gasteiger partial charge is 0.365 e. The quantitative estimate of drug-likeness (QED) is 0.195. The molecule has 0 N–H and O–H groups in total. The average Bonchev–Trinajstić information content (AvgIpc) is 3.62. The molecule has 0 heterocycles. The number of ketones is 1. The molecule has 0 aromatic heterocycles. The molecule has 1 saturated carbocycles. The summed E-state index contributed by atoms with van der Waals surface area (Å²) >= 11 is 1.64. The van der Waals surface area contributed by atoms with Gasteiger partial charge in [0.05, 0.1) is 5.56 Å². The lowest BCUT2D eigenvalue weighted by Crippen LogP contribution is -2.17. The fraction of sp³-hybridized carbons (Fsp3) is 0.160. The Hall–Kier alpha value is -3.18. The first kappa shape index (κ1) is 20.1. The molecule has 1 aliphatic rings. The van der Waals surface area contributed by atoms with E-state index in [-0.39, 0.29) is 5.78 Å². The number of rotatable bonds is 8. The first-order chi connectivity index (χ1) is 14.7. The molecule has 3 aromatic carbocycles. The van der Waals surface area contributed by atoms with Gasteiger partial charge in [-0.2, -0.15) is 0 Å². The van der Waals surface area contributed by atoms with Crippen LogP contribution in [0, 0.1) is 5.92 Å². The van der Waals surface area contributed by atoms with E-state index in [4.69, 9.17) is 4.84 Å². The summed E-state index contributed by atoms with van der Waals surface area (Å²) in [6.07, 6.45) is 2.68. The monoisotopic (exact) mass is 415 g/mol. The van der Waals surface area contributed by atoms with Gasteiger partial charge < -0.3 is 4.84 Å². The van der Waals surface area contributed by atoms with Crippen LogP contribution in [0.1, 0.15) is 40.0 Å². The molecule has 5 heteroatoms. The van der Waals surface area contributed by atoms with E-state index in [1.54, 1.807) is 48.2 Å². The van der Waals surface area contributed by atoms with Crippen LogP contribution in [-0.2, 0) is 4.84 Å². The lowest BCUT2D eigenvalue weighted by atomic mass is 10.0. The average molecular weight is 416 g/mol. The normalized spacial score (nSPS) is 13.7. The van der Waals surface area contributed by atoms with Gasteiger partial charge in [-0.05, 0) is 73.7 Å². The van der Waals surface area contributed by atoms with Crippen LogP contribution in [0.25, 0.3) is 0 Å². The van der Waals surface area contributed by atoms with Crippen LogP contribution in [0.4, 0.5) is 0 Å². The van der Waals surface area contributed by atoms with Gasteiger partial charge in [-0.15, -0.1) is 0 Å². The van der Waals surface area contributed by atoms with Crippen molar-refractivity contribution in [3.05, 3.63) is 96.1 Å². The molecule has 0 aliphatic heterocycles. The Morgan fingerprint density at radius 2 is 1.40 bits per heavy atom. The highest BCUT2D eigenvalue weighted by molar-refractivity contribution is 7.99. The minimum absolute atomic E-state index is 0.195. The summed E-state index contributed by atoms with van der Waals surface area (Å²) in [7, 11) is 0. The van der Waals surface area contributed by atoms with Gasteiger partial charge in [0, 0.05) is 15.4 Å². The van der Waals surface area contributed by atoms with Gasteiger partial charge >= 0.3 is 5.97 Å². The van der Waals surface area contributed by atoms with Gasteiger partial charge in [0.1, 0.15) is 5.71 Å². The summed E-state index contributed by atoms with van der Waals surface area (Å²) in [5.41, 5.74) is 1.24. The fourth-order valence-electron chi connectivity index (χ4n) is 2.96. The Morgan fingerprint density at radius 3 is 2.03 bits per heavy atom. The van der Waals surface area contributed by atoms with E-state index < -0.39 is 5.97 Å². The Morgan fingerprint density at radius 1 is 0.800 bits per heavy atom. The van der Waals surface area contributed by atoms with E-state index in [9.17, 15) is 9.59 Å². The topological polar surface area (TPSA) is 55.7 Å². The van der Waals surface area contributed by atoms with Gasteiger partial charge in [-0.3, -0.25) is 4.79 Å².